The van der Waals surface area contributed by atoms with Crippen LogP contribution in [0.1, 0.15) is 22.3 Å². The van der Waals surface area contributed by atoms with Gasteiger partial charge in [-0.2, -0.15) is 5.26 Å². The second-order valence-corrected chi connectivity index (χ2v) is 10.1. The minimum atomic E-state index is -0.468. The number of aryl methyl sites for hydroxylation is 2. The highest BCUT2D eigenvalue weighted by atomic mass is 127. The first kappa shape index (κ1) is 25.6. The van der Waals surface area contributed by atoms with Gasteiger partial charge in [0.2, 0.25) is 0 Å². The molecule has 1 N–H and O–H groups in total. The molecular weight excluding hydrogens is 638 g/mol. The van der Waals surface area contributed by atoms with Crippen LogP contribution in [0.25, 0.3) is 6.08 Å². The number of nitrogens with one attached hydrogen (secondary N) is 1. The molecular formula is C25H18BrCl2IN2O2. The van der Waals surface area contributed by atoms with Gasteiger partial charge >= 0.3 is 0 Å². The topological polar surface area (TPSA) is 62.1 Å². The Labute approximate surface area is 224 Å². The van der Waals surface area contributed by atoms with E-state index < -0.39 is 5.91 Å². The number of carbonyl (C=O) groups excluding carboxylic acids is 1. The van der Waals surface area contributed by atoms with Gasteiger partial charge in [-0.1, -0.05) is 35.3 Å². The zero-order valence-corrected chi connectivity index (χ0v) is 22.9. The number of benzene rings is 3. The van der Waals surface area contributed by atoms with E-state index in [1.165, 1.54) is 0 Å². The minimum Gasteiger partial charge on any atom is -0.487 e. The fourth-order valence-electron chi connectivity index (χ4n) is 2.92. The van der Waals surface area contributed by atoms with Crippen molar-refractivity contribution in [2.75, 3.05) is 5.32 Å². The zero-order chi connectivity index (χ0) is 24.1. The van der Waals surface area contributed by atoms with Gasteiger partial charge in [0, 0.05) is 21.3 Å². The second kappa shape index (κ2) is 11.4. The number of halogens is 4. The fourth-order valence-corrected chi connectivity index (χ4v) is 5.15. The number of amides is 1. The summed E-state index contributed by atoms with van der Waals surface area (Å²) in [4.78, 5) is 12.6. The molecule has 0 heterocycles. The highest BCUT2D eigenvalue weighted by molar-refractivity contribution is 14.1. The molecule has 0 radical (unpaired) electrons. The molecule has 0 atom stereocenters. The van der Waals surface area contributed by atoms with Crippen LogP contribution in [0.2, 0.25) is 10.0 Å². The van der Waals surface area contributed by atoms with Crippen LogP contribution in [0.5, 0.6) is 5.75 Å². The van der Waals surface area contributed by atoms with Gasteiger partial charge < -0.3 is 10.1 Å². The number of hydrogen-bond donors (Lipinski definition) is 1. The normalized spacial score (nSPS) is 11.1. The van der Waals surface area contributed by atoms with Gasteiger partial charge in [-0.3, -0.25) is 4.79 Å². The van der Waals surface area contributed by atoms with Gasteiger partial charge in [-0.25, -0.2) is 0 Å². The maximum atomic E-state index is 12.6. The van der Waals surface area contributed by atoms with Crippen LogP contribution in [-0.2, 0) is 11.4 Å². The van der Waals surface area contributed by atoms with Crippen LogP contribution in [0.3, 0.4) is 0 Å². The Hall–Kier alpha value is -2.05. The third-order valence-corrected chi connectivity index (χ3v) is 6.83. The molecule has 0 saturated carbocycles. The maximum Gasteiger partial charge on any atom is 0.266 e. The molecule has 8 heteroatoms. The second-order valence-electron chi connectivity index (χ2n) is 7.26. The minimum absolute atomic E-state index is 0.00228. The summed E-state index contributed by atoms with van der Waals surface area (Å²) in [5.74, 6) is 0.168. The quantitative estimate of drug-likeness (QED) is 0.166. The Balaban J connectivity index is 1.78. The number of ether oxygens (including phenoxy) is 1. The van der Waals surface area contributed by atoms with Crippen molar-refractivity contribution in [3.05, 3.63) is 94.4 Å². The van der Waals surface area contributed by atoms with Crippen molar-refractivity contribution in [1.29, 1.82) is 5.26 Å². The summed E-state index contributed by atoms with van der Waals surface area (Å²) in [5.41, 5.74) is 4.33. The Morgan fingerprint density at radius 3 is 2.55 bits per heavy atom. The summed E-state index contributed by atoms with van der Waals surface area (Å²) in [5, 5.41) is 13.4. The Bertz CT molecular complexity index is 1280. The molecule has 33 heavy (non-hydrogen) atoms. The van der Waals surface area contributed by atoms with E-state index in [2.05, 4.69) is 43.8 Å². The third kappa shape index (κ3) is 6.73. The number of anilines is 1. The average Bonchev–Trinajstić information content (AvgIpc) is 2.75. The van der Waals surface area contributed by atoms with Crippen molar-refractivity contribution in [3.63, 3.8) is 0 Å². The van der Waals surface area contributed by atoms with E-state index in [-0.39, 0.29) is 12.2 Å². The van der Waals surface area contributed by atoms with Crippen molar-refractivity contribution in [2.24, 2.45) is 0 Å². The molecule has 0 fully saturated rings. The van der Waals surface area contributed by atoms with Gasteiger partial charge in [-0.05, 0) is 112 Å². The van der Waals surface area contributed by atoms with Crippen LogP contribution in [0.15, 0.2) is 58.6 Å². The fraction of sp³-hybridized carbons (Fsp3) is 0.120. The van der Waals surface area contributed by atoms with Crippen molar-refractivity contribution in [1.82, 2.24) is 0 Å². The molecule has 0 unspecified atom stereocenters. The Morgan fingerprint density at radius 2 is 1.91 bits per heavy atom. The molecule has 0 bridgehead atoms. The van der Waals surface area contributed by atoms with Crippen LogP contribution in [0, 0.1) is 28.7 Å². The Kier molecular flexibility index (Phi) is 8.82. The summed E-state index contributed by atoms with van der Waals surface area (Å²) in [6.45, 7) is 4.23. The standard InChI is InChI=1S/C25H18BrCl2IN2O2/c1-14-3-6-20(7-15(14)2)31-25(32)18(12-30)8-16-9-21(26)24(23(29)10-16)33-13-17-4-5-19(27)11-22(17)28/h3-11H,13H2,1-2H3,(H,31,32)/b18-8+. The lowest BCUT2D eigenvalue weighted by atomic mass is 10.1. The highest BCUT2D eigenvalue weighted by Crippen LogP contribution is 2.34. The van der Waals surface area contributed by atoms with Crippen LogP contribution in [0.4, 0.5) is 5.69 Å². The summed E-state index contributed by atoms with van der Waals surface area (Å²) in [6.07, 6.45) is 1.54. The van der Waals surface area contributed by atoms with Gasteiger partial charge in [0.25, 0.3) is 5.91 Å². The summed E-state index contributed by atoms with van der Waals surface area (Å²) < 4.78 is 7.46. The first-order chi connectivity index (χ1) is 15.7. The maximum absolute atomic E-state index is 12.6. The number of nitrogens with zero attached hydrogens (tertiary/aromatic N) is 1. The summed E-state index contributed by atoms with van der Waals surface area (Å²) in [6, 6.07) is 16.5. The van der Waals surface area contributed by atoms with Crippen LogP contribution in [-0.4, -0.2) is 5.91 Å². The first-order valence-corrected chi connectivity index (χ1v) is 12.4. The summed E-state index contributed by atoms with van der Waals surface area (Å²) >= 11 is 17.8. The molecule has 0 aliphatic rings. The third-order valence-electron chi connectivity index (χ3n) is 4.85. The lowest BCUT2D eigenvalue weighted by Crippen LogP contribution is -2.13. The number of nitriles is 1. The monoisotopic (exact) mass is 654 g/mol. The molecule has 0 saturated heterocycles. The van der Waals surface area contributed by atoms with Gasteiger partial charge in [-0.15, -0.1) is 0 Å². The van der Waals surface area contributed by atoms with E-state index in [1.54, 1.807) is 24.3 Å². The van der Waals surface area contributed by atoms with Crippen molar-refractivity contribution >= 4 is 79.4 Å². The van der Waals surface area contributed by atoms with Gasteiger partial charge in [0.05, 0.1) is 8.04 Å². The molecule has 3 aromatic rings. The van der Waals surface area contributed by atoms with E-state index >= 15 is 0 Å². The van der Waals surface area contributed by atoms with Gasteiger partial charge in [0.15, 0.2) is 0 Å². The molecule has 4 nitrogen and oxygen atoms in total. The number of hydrogen-bond acceptors (Lipinski definition) is 3. The zero-order valence-electron chi connectivity index (χ0n) is 17.7. The summed E-state index contributed by atoms with van der Waals surface area (Å²) in [7, 11) is 0. The molecule has 3 rings (SSSR count). The smallest absolute Gasteiger partial charge is 0.266 e. The van der Waals surface area contributed by atoms with E-state index in [4.69, 9.17) is 27.9 Å². The lowest BCUT2D eigenvalue weighted by Gasteiger charge is -2.13. The molecule has 168 valence electrons. The van der Waals surface area contributed by atoms with E-state index in [0.717, 1.165) is 20.3 Å². The van der Waals surface area contributed by atoms with E-state index in [1.807, 2.05) is 50.2 Å². The molecule has 0 spiro atoms. The van der Waals surface area contributed by atoms with Gasteiger partial charge in [0.1, 0.15) is 24.0 Å². The van der Waals surface area contributed by atoms with E-state index in [0.29, 0.717) is 31.5 Å². The van der Waals surface area contributed by atoms with Crippen LogP contribution < -0.4 is 10.1 Å². The van der Waals surface area contributed by atoms with Crippen LogP contribution >= 0.6 is 61.7 Å². The molecule has 0 aromatic heterocycles. The molecule has 0 aliphatic heterocycles. The largest absolute Gasteiger partial charge is 0.487 e. The number of rotatable bonds is 6. The average molecular weight is 656 g/mol. The SMILES string of the molecule is Cc1ccc(NC(=O)/C(C#N)=C/c2cc(Br)c(OCc3ccc(Cl)cc3Cl)c(I)c2)cc1C. The predicted octanol–water partition coefficient (Wildman–Crippen LogP) is 8.10. The predicted molar refractivity (Wildman–Crippen MR) is 146 cm³/mol. The molecule has 3 aromatic carbocycles. The Morgan fingerprint density at radius 1 is 1.15 bits per heavy atom. The number of carbonyl (C=O) groups is 1. The van der Waals surface area contributed by atoms with Crippen molar-refractivity contribution in [2.45, 2.75) is 20.5 Å². The first-order valence-electron chi connectivity index (χ1n) is 9.74. The molecule has 1 amide bonds. The molecule has 0 aliphatic carbocycles. The highest BCUT2D eigenvalue weighted by Gasteiger charge is 2.14. The van der Waals surface area contributed by atoms with Crippen molar-refractivity contribution < 1.29 is 9.53 Å². The van der Waals surface area contributed by atoms with Crippen molar-refractivity contribution in [3.8, 4) is 11.8 Å². The lowest BCUT2D eigenvalue weighted by molar-refractivity contribution is -0.112. The van der Waals surface area contributed by atoms with E-state index in [9.17, 15) is 10.1 Å².